The van der Waals surface area contributed by atoms with Gasteiger partial charge in [-0.25, -0.2) is 0 Å². The van der Waals surface area contributed by atoms with Crippen molar-refractivity contribution in [3.05, 3.63) is 69.1 Å². The predicted molar refractivity (Wildman–Crippen MR) is 79.1 cm³/mol. The first-order valence-electron chi connectivity index (χ1n) is 6.29. The average Bonchev–Trinajstić information content (AvgIpc) is 2.41. The molecule has 0 fully saturated rings. The van der Waals surface area contributed by atoms with Gasteiger partial charge in [0.1, 0.15) is 5.56 Å². The Bertz CT molecular complexity index is 667. The number of aromatic nitrogens is 1. The molecule has 2 N–H and O–H groups in total. The lowest BCUT2D eigenvalue weighted by atomic mass is 10.1. The van der Waals surface area contributed by atoms with Crippen LogP contribution in [0.3, 0.4) is 0 Å². The van der Waals surface area contributed by atoms with Crippen molar-refractivity contribution in [3.8, 4) is 0 Å². The lowest BCUT2D eigenvalue weighted by Crippen LogP contribution is -2.36. The second kappa shape index (κ2) is 6.39. The first-order valence-corrected chi connectivity index (χ1v) is 6.67. The van der Waals surface area contributed by atoms with Crippen LogP contribution in [-0.2, 0) is 6.42 Å². The summed E-state index contributed by atoms with van der Waals surface area (Å²) >= 11 is 6.08. The fourth-order valence-corrected chi connectivity index (χ4v) is 2.15. The highest BCUT2D eigenvalue weighted by Crippen LogP contribution is 2.16. The summed E-state index contributed by atoms with van der Waals surface area (Å²) in [6.07, 6.45) is 3.50. The second-order valence-electron chi connectivity index (χ2n) is 4.59. The third-order valence-corrected chi connectivity index (χ3v) is 3.30. The smallest absolute Gasteiger partial charge is 0.256 e. The summed E-state index contributed by atoms with van der Waals surface area (Å²) in [5.41, 5.74) is 0.772. The van der Waals surface area contributed by atoms with E-state index in [2.05, 4.69) is 10.3 Å². The van der Waals surface area contributed by atoms with E-state index in [1.165, 1.54) is 18.5 Å². The van der Waals surface area contributed by atoms with Gasteiger partial charge in [-0.1, -0.05) is 29.8 Å². The molecule has 0 aliphatic carbocycles. The molecule has 2 rings (SSSR count). The maximum absolute atomic E-state index is 12.0. The molecule has 20 heavy (non-hydrogen) atoms. The summed E-state index contributed by atoms with van der Waals surface area (Å²) in [5.74, 6) is -0.383. The van der Waals surface area contributed by atoms with Crippen LogP contribution in [-0.4, -0.2) is 16.9 Å². The highest BCUT2D eigenvalue weighted by molar-refractivity contribution is 6.31. The Labute approximate surface area is 121 Å². The van der Waals surface area contributed by atoms with Gasteiger partial charge in [0.05, 0.1) is 0 Å². The van der Waals surface area contributed by atoms with Gasteiger partial charge >= 0.3 is 0 Å². The van der Waals surface area contributed by atoms with Crippen molar-refractivity contribution in [1.29, 1.82) is 0 Å². The molecule has 1 amide bonds. The molecule has 0 aliphatic rings. The standard InChI is InChI=1S/C15H15ClN2O2/c1-10(8-11-4-2-3-5-13(11)16)18-15(20)12-9-17-7-6-14(12)19/h2-7,9-10H,8H2,1H3,(H,17,19)(H,18,20). The van der Waals surface area contributed by atoms with Gasteiger partial charge in [0.25, 0.3) is 5.91 Å². The van der Waals surface area contributed by atoms with Crippen LogP contribution in [0.2, 0.25) is 5.02 Å². The van der Waals surface area contributed by atoms with Crippen LogP contribution in [0.5, 0.6) is 0 Å². The number of amides is 1. The van der Waals surface area contributed by atoms with Gasteiger partial charge in [0.2, 0.25) is 0 Å². The zero-order valence-corrected chi connectivity index (χ0v) is 11.8. The number of benzene rings is 1. The molecule has 0 radical (unpaired) electrons. The van der Waals surface area contributed by atoms with Crippen LogP contribution < -0.4 is 10.7 Å². The largest absolute Gasteiger partial charge is 0.367 e. The maximum atomic E-state index is 12.0. The molecule has 5 heteroatoms. The SMILES string of the molecule is CC(Cc1ccccc1Cl)NC(=O)c1c[nH]ccc1=O. The Morgan fingerprint density at radius 3 is 2.80 bits per heavy atom. The Kier molecular flexibility index (Phi) is 4.58. The minimum absolute atomic E-state index is 0.110. The number of hydrogen-bond donors (Lipinski definition) is 2. The lowest BCUT2D eigenvalue weighted by Gasteiger charge is -2.14. The van der Waals surface area contributed by atoms with Crippen LogP contribution in [0.4, 0.5) is 0 Å². The highest BCUT2D eigenvalue weighted by atomic mass is 35.5. The molecular weight excluding hydrogens is 276 g/mol. The number of rotatable bonds is 4. The number of halogens is 1. The van der Waals surface area contributed by atoms with Gasteiger partial charge in [0, 0.05) is 29.5 Å². The molecule has 1 atom stereocenters. The van der Waals surface area contributed by atoms with E-state index < -0.39 is 0 Å². The molecule has 1 heterocycles. The number of H-pyrrole nitrogens is 1. The van der Waals surface area contributed by atoms with Gasteiger partial charge < -0.3 is 10.3 Å². The van der Waals surface area contributed by atoms with Crippen molar-refractivity contribution >= 4 is 17.5 Å². The monoisotopic (exact) mass is 290 g/mol. The van der Waals surface area contributed by atoms with Crippen molar-refractivity contribution in [2.75, 3.05) is 0 Å². The number of carbonyl (C=O) groups is 1. The summed E-state index contributed by atoms with van der Waals surface area (Å²) in [5, 5.41) is 3.47. The Morgan fingerprint density at radius 1 is 1.35 bits per heavy atom. The van der Waals surface area contributed by atoms with Gasteiger partial charge in [-0.3, -0.25) is 9.59 Å². The minimum atomic E-state index is -0.383. The minimum Gasteiger partial charge on any atom is -0.367 e. The van der Waals surface area contributed by atoms with E-state index in [1.807, 2.05) is 31.2 Å². The Balaban J connectivity index is 2.04. The van der Waals surface area contributed by atoms with Crippen LogP contribution in [0.15, 0.2) is 47.5 Å². The predicted octanol–water partition coefficient (Wildman–Crippen LogP) is 2.39. The van der Waals surface area contributed by atoms with Gasteiger partial charge in [-0.2, -0.15) is 0 Å². The summed E-state index contributed by atoms with van der Waals surface area (Å²) in [6, 6.07) is 8.69. The van der Waals surface area contributed by atoms with Gasteiger partial charge in [-0.15, -0.1) is 0 Å². The third kappa shape index (κ3) is 3.48. The zero-order chi connectivity index (χ0) is 14.5. The van der Waals surface area contributed by atoms with E-state index in [0.29, 0.717) is 11.4 Å². The molecule has 104 valence electrons. The molecule has 2 aromatic rings. The van der Waals surface area contributed by atoms with Crippen LogP contribution >= 0.6 is 11.6 Å². The van der Waals surface area contributed by atoms with Crippen LogP contribution in [0, 0.1) is 0 Å². The zero-order valence-electron chi connectivity index (χ0n) is 11.0. The Hall–Kier alpha value is -2.07. The lowest BCUT2D eigenvalue weighted by molar-refractivity contribution is 0.0938. The van der Waals surface area contributed by atoms with Gasteiger partial charge in [0.15, 0.2) is 5.43 Å². The van der Waals surface area contributed by atoms with E-state index in [9.17, 15) is 9.59 Å². The van der Waals surface area contributed by atoms with Crippen molar-refractivity contribution in [2.24, 2.45) is 0 Å². The summed E-state index contributed by atoms with van der Waals surface area (Å²) < 4.78 is 0. The molecule has 0 bridgehead atoms. The normalized spacial score (nSPS) is 11.9. The first-order chi connectivity index (χ1) is 9.58. The average molecular weight is 291 g/mol. The van der Waals surface area contributed by atoms with Crippen LogP contribution in [0.25, 0.3) is 0 Å². The van der Waals surface area contributed by atoms with E-state index in [0.717, 1.165) is 5.56 Å². The number of aromatic amines is 1. The molecule has 0 saturated heterocycles. The number of carbonyl (C=O) groups excluding carboxylic acids is 1. The molecule has 0 saturated carbocycles. The third-order valence-electron chi connectivity index (χ3n) is 2.93. The molecule has 1 aromatic heterocycles. The second-order valence-corrected chi connectivity index (χ2v) is 5.00. The number of pyridine rings is 1. The molecule has 1 aromatic carbocycles. The maximum Gasteiger partial charge on any atom is 0.256 e. The van der Waals surface area contributed by atoms with Crippen molar-refractivity contribution in [2.45, 2.75) is 19.4 Å². The van der Waals surface area contributed by atoms with Crippen molar-refractivity contribution in [3.63, 3.8) is 0 Å². The van der Waals surface area contributed by atoms with Gasteiger partial charge in [-0.05, 0) is 25.0 Å². The summed E-state index contributed by atoms with van der Waals surface area (Å²) in [6.45, 7) is 1.87. The molecule has 0 aliphatic heterocycles. The number of hydrogen-bond acceptors (Lipinski definition) is 2. The van der Waals surface area contributed by atoms with Crippen molar-refractivity contribution < 1.29 is 4.79 Å². The molecular formula is C15H15ClN2O2. The molecule has 0 spiro atoms. The van der Waals surface area contributed by atoms with E-state index >= 15 is 0 Å². The van der Waals surface area contributed by atoms with Crippen LogP contribution in [0.1, 0.15) is 22.8 Å². The fraction of sp³-hybridized carbons (Fsp3) is 0.200. The van der Waals surface area contributed by atoms with E-state index in [4.69, 9.17) is 11.6 Å². The molecule has 1 unspecified atom stereocenters. The highest BCUT2D eigenvalue weighted by Gasteiger charge is 2.13. The first kappa shape index (κ1) is 14.3. The Morgan fingerprint density at radius 2 is 2.10 bits per heavy atom. The number of nitrogens with one attached hydrogen (secondary N) is 2. The van der Waals surface area contributed by atoms with E-state index in [-0.39, 0.29) is 22.9 Å². The molecule has 4 nitrogen and oxygen atoms in total. The van der Waals surface area contributed by atoms with E-state index in [1.54, 1.807) is 0 Å². The summed E-state index contributed by atoms with van der Waals surface area (Å²) in [7, 11) is 0. The summed E-state index contributed by atoms with van der Waals surface area (Å²) in [4.78, 5) is 26.3. The quantitative estimate of drug-likeness (QED) is 0.908. The fourth-order valence-electron chi connectivity index (χ4n) is 1.94. The van der Waals surface area contributed by atoms with Crippen molar-refractivity contribution in [1.82, 2.24) is 10.3 Å². The topological polar surface area (TPSA) is 62.0 Å².